The number of amides is 1. The number of carbonyl (C=O) groups excluding carboxylic acids is 1. The molecule has 1 aromatic carbocycles. The minimum atomic E-state index is -0.105. The van der Waals surface area contributed by atoms with Crippen LogP contribution in [0.15, 0.2) is 34.9 Å². The second kappa shape index (κ2) is 6.66. The SMILES string of the molecule is CCCN(Cc1ccc(C#N)cc1)C(=O)c1cc(C2CC2)on1. The summed E-state index contributed by atoms with van der Waals surface area (Å²) in [6.45, 7) is 3.20. The van der Waals surface area contributed by atoms with E-state index < -0.39 is 0 Å². The smallest absolute Gasteiger partial charge is 0.276 e. The molecule has 0 bridgehead atoms. The van der Waals surface area contributed by atoms with Gasteiger partial charge in [0.25, 0.3) is 5.91 Å². The zero-order valence-electron chi connectivity index (χ0n) is 13.2. The molecule has 0 saturated heterocycles. The predicted octanol–water partition coefficient (Wildman–Crippen LogP) is 3.48. The van der Waals surface area contributed by atoms with Crippen LogP contribution in [0.1, 0.15) is 59.5 Å². The molecule has 0 radical (unpaired) electrons. The van der Waals surface area contributed by atoms with Crippen molar-refractivity contribution in [2.24, 2.45) is 0 Å². The third-order valence-corrected chi connectivity index (χ3v) is 3.96. The molecule has 0 aliphatic heterocycles. The van der Waals surface area contributed by atoms with Crippen molar-refractivity contribution in [3.63, 3.8) is 0 Å². The molecule has 1 saturated carbocycles. The first-order valence-corrected chi connectivity index (χ1v) is 7.96. The second-order valence-corrected chi connectivity index (χ2v) is 5.92. The van der Waals surface area contributed by atoms with Crippen LogP contribution in [0.5, 0.6) is 0 Å². The van der Waals surface area contributed by atoms with Crippen LogP contribution in [-0.4, -0.2) is 22.5 Å². The molecule has 0 spiro atoms. The summed E-state index contributed by atoms with van der Waals surface area (Å²) in [5.41, 5.74) is 2.00. The Balaban J connectivity index is 1.73. The third-order valence-electron chi connectivity index (χ3n) is 3.96. The average Bonchev–Trinajstić information content (AvgIpc) is 3.31. The highest BCUT2D eigenvalue weighted by atomic mass is 16.5. The first kappa shape index (κ1) is 15.3. The largest absolute Gasteiger partial charge is 0.360 e. The van der Waals surface area contributed by atoms with Gasteiger partial charge in [-0.2, -0.15) is 5.26 Å². The molecule has 118 valence electrons. The summed E-state index contributed by atoms with van der Waals surface area (Å²) in [5, 5.41) is 12.8. The van der Waals surface area contributed by atoms with Crippen LogP contribution in [-0.2, 0) is 6.54 Å². The van der Waals surface area contributed by atoms with E-state index in [1.165, 1.54) is 0 Å². The number of hydrogen-bond donors (Lipinski definition) is 0. The summed E-state index contributed by atoms with van der Waals surface area (Å²) < 4.78 is 5.28. The summed E-state index contributed by atoms with van der Waals surface area (Å²) in [6.07, 6.45) is 3.11. The molecule has 1 aliphatic carbocycles. The summed E-state index contributed by atoms with van der Waals surface area (Å²) in [4.78, 5) is 14.4. The van der Waals surface area contributed by atoms with Crippen molar-refractivity contribution in [2.75, 3.05) is 6.54 Å². The normalized spacial score (nSPS) is 13.6. The molecular weight excluding hydrogens is 290 g/mol. The standard InChI is InChI=1S/C18H19N3O2/c1-2-9-21(12-14-5-3-13(11-19)4-6-14)18(22)16-10-17(23-20-16)15-7-8-15/h3-6,10,15H,2,7-9,12H2,1H3. The molecule has 5 nitrogen and oxygen atoms in total. The van der Waals surface area contributed by atoms with Gasteiger partial charge in [-0.25, -0.2) is 0 Å². The summed E-state index contributed by atoms with van der Waals surface area (Å²) in [5.74, 6) is 1.16. The molecule has 2 aromatic rings. The van der Waals surface area contributed by atoms with Gasteiger partial charge in [0.15, 0.2) is 5.69 Å². The molecule has 3 rings (SSSR count). The lowest BCUT2D eigenvalue weighted by atomic mass is 10.1. The summed E-state index contributed by atoms with van der Waals surface area (Å²) >= 11 is 0. The van der Waals surface area contributed by atoms with Gasteiger partial charge in [0, 0.05) is 25.1 Å². The lowest BCUT2D eigenvalue weighted by Gasteiger charge is -2.21. The van der Waals surface area contributed by atoms with Gasteiger partial charge in [-0.15, -0.1) is 0 Å². The maximum Gasteiger partial charge on any atom is 0.276 e. The quantitative estimate of drug-likeness (QED) is 0.819. The topological polar surface area (TPSA) is 70.1 Å². The highest BCUT2D eigenvalue weighted by Gasteiger charge is 2.29. The number of nitriles is 1. The van der Waals surface area contributed by atoms with E-state index in [9.17, 15) is 4.79 Å². The van der Waals surface area contributed by atoms with E-state index in [-0.39, 0.29) is 5.91 Å². The fraction of sp³-hybridized carbons (Fsp3) is 0.389. The number of nitrogens with zero attached hydrogens (tertiary/aromatic N) is 3. The zero-order valence-corrected chi connectivity index (χ0v) is 13.2. The highest BCUT2D eigenvalue weighted by molar-refractivity contribution is 5.92. The average molecular weight is 309 g/mol. The monoisotopic (exact) mass is 309 g/mol. The van der Waals surface area contributed by atoms with E-state index >= 15 is 0 Å². The number of rotatable bonds is 6. The van der Waals surface area contributed by atoms with Gasteiger partial charge < -0.3 is 9.42 Å². The Hall–Kier alpha value is -2.61. The van der Waals surface area contributed by atoms with E-state index in [0.29, 0.717) is 30.3 Å². The lowest BCUT2D eigenvalue weighted by molar-refractivity contribution is 0.0732. The van der Waals surface area contributed by atoms with Gasteiger partial charge >= 0.3 is 0 Å². The highest BCUT2D eigenvalue weighted by Crippen LogP contribution is 2.40. The van der Waals surface area contributed by atoms with Crippen LogP contribution >= 0.6 is 0 Å². The Bertz CT molecular complexity index is 723. The zero-order chi connectivity index (χ0) is 16.2. The molecule has 0 N–H and O–H groups in total. The van der Waals surface area contributed by atoms with E-state index in [1.807, 2.05) is 19.1 Å². The Kier molecular flexibility index (Phi) is 4.42. The minimum Gasteiger partial charge on any atom is -0.360 e. The summed E-state index contributed by atoms with van der Waals surface area (Å²) in [7, 11) is 0. The first-order chi connectivity index (χ1) is 11.2. The van der Waals surface area contributed by atoms with Gasteiger partial charge in [0.2, 0.25) is 0 Å². The second-order valence-electron chi connectivity index (χ2n) is 5.92. The van der Waals surface area contributed by atoms with E-state index in [2.05, 4.69) is 11.2 Å². The molecule has 5 heteroatoms. The van der Waals surface area contributed by atoms with Crippen LogP contribution in [0.2, 0.25) is 0 Å². The van der Waals surface area contributed by atoms with E-state index in [0.717, 1.165) is 30.6 Å². The van der Waals surface area contributed by atoms with Gasteiger partial charge in [-0.1, -0.05) is 24.2 Å². The van der Waals surface area contributed by atoms with Crippen molar-refractivity contribution in [2.45, 2.75) is 38.6 Å². The van der Waals surface area contributed by atoms with Crippen LogP contribution in [0.3, 0.4) is 0 Å². The molecule has 1 aliphatic rings. The first-order valence-electron chi connectivity index (χ1n) is 7.96. The van der Waals surface area contributed by atoms with Crippen molar-refractivity contribution >= 4 is 5.91 Å². The molecule has 1 heterocycles. The Morgan fingerprint density at radius 1 is 1.39 bits per heavy atom. The van der Waals surface area contributed by atoms with Crippen LogP contribution in [0.4, 0.5) is 0 Å². The van der Waals surface area contributed by atoms with E-state index in [1.54, 1.807) is 23.1 Å². The van der Waals surface area contributed by atoms with Crippen molar-refractivity contribution in [3.05, 3.63) is 52.9 Å². The van der Waals surface area contributed by atoms with Crippen LogP contribution in [0.25, 0.3) is 0 Å². The molecule has 1 aromatic heterocycles. The molecule has 0 unspecified atom stereocenters. The molecule has 0 atom stereocenters. The minimum absolute atomic E-state index is 0.105. The van der Waals surface area contributed by atoms with Gasteiger partial charge in [0.05, 0.1) is 11.6 Å². The summed E-state index contributed by atoms with van der Waals surface area (Å²) in [6, 6.07) is 11.2. The number of carbonyl (C=O) groups is 1. The maximum atomic E-state index is 12.7. The maximum absolute atomic E-state index is 12.7. The Labute approximate surface area is 135 Å². The fourth-order valence-electron chi connectivity index (χ4n) is 2.54. The van der Waals surface area contributed by atoms with Gasteiger partial charge in [-0.05, 0) is 37.0 Å². The van der Waals surface area contributed by atoms with Crippen molar-refractivity contribution in [1.82, 2.24) is 10.1 Å². The Morgan fingerprint density at radius 3 is 2.74 bits per heavy atom. The van der Waals surface area contributed by atoms with E-state index in [4.69, 9.17) is 9.78 Å². The Morgan fingerprint density at radius 2 is 2.13 bits per heavy atom. The molecule has 23 heavy (non-hydrogen) atoms. The lowest BCUT2D eigenvalue weighted by Crippen LogP contribution is -2.31. The number of hydrogen-bond acceptors (Lipinski definition) is 4. The van der Waals surface area contributed by atoms with Crippen molar-refractivity contribution < 1.29 is 9.32 Å². The molecular formula is C18H19N3O2. The predicted molar refractivity (Wildman–Crippen MR) is 84.7 cm³/mol. The van der Waals surface area contributed by atoms with Crippen LogP contribution in [0, 0.1) is 11.3 Å². The van der Waals surface area contributed by atoms with Crippen molar-refractivity contribution in [1.29, 1.82) is 5.26 Å². The van der Waals surface area contributed by atoms with Crippen molar-refractivity contribution in [3.8, 4) is 6.07 Å². The van der Waals surface area contributed by atoms with Crippen LogP contribution < -0.4 is 0 Å². The van der Waals surface area contributed by atoms with Gasteiger partial charge in [0.1, 0.15) is 5.76 Å². The number of aromatic nitrogens is 1. The van der Waals surface area contributed by atoms with Gasteiger partial charge in [-0.3, -0.25) is 4.79 Å². The molecule has 1 fully saturated rings. The molecule has 1 amide bonds. The fourth-order valence-corrected chi connectivity index (χ4v) is 2.54. The third kappa shape index (κ3) is 3.59. The number of benzene rings is 1.